The lowest BCUT2D eigenvalue weighted by molar-refractivity contribution is -0.120. The third kappa shape index (κ3) is 6.70. The summed E-state index contributed by atoms with van der Waals surface area (Å²) >= 11 is 0. The van der Waals surface area contributed by atoms with Crippen molar-refractivity contribution in [1.82, 2.24) is 5.32 Å². The Bertz CT molecular complexity index is 213. The van der Waals surface area contributed by atoms with Crippen LogP contribution >= 0.6 is 0 Å². The molecule has 1 rings (SSSR count). The molecule has 0 heterocycles. The van der Waals surface area contributed by atoms with Crippen molar-refractivity contribution in [2.45, 2.75) is 90.0 Å². The van der Waals surface area contributed by atoms with Crippen LogP contribution in [-0.4, -0.2) is 11.4 Å². The van der Waals surface area contributed by atoms with E-state index in [1.807, 2.05) is 0 Å². The smallest absolute Gasteiger partial charge is 0.217 e. The van der Waals surface area contributed by atoms with Gasteiger partial charge in [0, 0.05) is 12.5 Å². The molecule has 1 saturated carbocycles. The Kier molecular flexibility index (Phi) is 6.61. The molecular formula is C15H29NO. The highest BCUT2D eigenvalue weighted by atomic mass is 16.1. The summed E-state index contributed by atoms with van der Waals surface area (Å²) < 4.78 is 0. The zero-order valence-electron chi connectivity index (χ0n) is 11.7. The number of amides is 1. The predicted octanol–water partition coefficient (Wildman–Crippen LogP) is 4.19. The van der Waals surface area contributed by atoms with Gasteiger partial charge in [0.15, 0.2) is 0 Å². The summed E-state index contributed by atoms with van der Waals surface area (Å²) in [6.07, 6.45) is 14.4. The average molecular weight is 239 g/mol. The van der Waals surface area contributed by atoms with Gasteiger partial charge in [0.1, 0.15) is 0 Å². The normalized spacial score (nSPS) is 23.2. The first-order valence-electron chi connectivity index (χ1n) is 7.41. The molecule has 0 radical (unpaired) electrons. The van der Waals surface area contributed by atoms with Gasteiger partial charge < -0.3 is 5.32 Å². The van der Waals surface area contributed by atoms with Crippen LogP contribution in [0.3, 0.4) is 0 Å². The first-order valence-corrected chi connectivity index (χ1v) is 7.41. The number of carbonyl (C=O) groups excluding carboxylic acids is 1. The highest BCUT2D eigenvalue weighted by molar-refractivity contribution is 5.73. The molecule has 2 heteroatoms. The molecule has 0 atom stereocenters. The van der Waals surface area contributed by atoms with Gasteiger partial charge in [-0.15, -0.1) is 0 Å². The van der Waals surface area contributed by atoms with Crippen LogP contribution in [0.2, 0.25) is 0 Å². The number of hydrogen-bond acceptors (Lipinski definition) is 1. The maximum atomic E-state index is 11.3. The molecule has 0 aromatic rings. The van der Waals surface area contributed by atoms with E-state index in [-0.39, 0.29) is 11.4 Å². The van der Waals surface area contributed by atoms with E-state index in [1.165, 1.54) is 57.8 Å². The Balaban J connectivity index is 2.44. The van der Waals surface area contributed by atoms with Crippen molar-refractivity contribution in [2.75, 3.05) is 0 Å². The molecule has 100 valence electrons. The highest BCUT2D eigenvalue weighted by Crippen LogP contribution is 2.24. The summed E-state index contributed by atoms with van der Waals surface area (Å²) in [6.45, 7) is 3.86. The lowest BCUT2D eigenvalue weighted by atomic mass is 9.87. The van der Waals surface area contributed by atoms with Gasteiger partial charge in [0.05, 0.1) is 0 Å². The van der Waals surface area contributed by atoms with Crippen molar-refractivity contribution in [1.29, 1.82) is 0 Å². The Morgan fingerprint density at radius 1 is 0.824 bits per heavy atom. The first kappa shape index (κ1) is 14.5. The number of nitrogens with one attached hydrogen (secondary N) is 1. The van der Waals surface area contributed by atoms with Crippen molar-refractivity contribution in [3.05, 3.63) is 0 Å². The van der Waals surface area contributed by atoms with Gasteiger partial charge in [-0.2, -0.15) is 0 Å². The molecule has 1 aliphatic rings. The summed E-state index contributed by atoms with van der Waals surface area (Å²) in [7, 11) is 0. The van der Waals surface area contributed by atoms with Gasteiger partial charge >= 0.3 is 0 Å². The van der Waals surface area contributed by atoms with Crippen LogP contribution in [0.25, 0.3) is 0 Å². The maximum Gasteiger partial charge on any atom is 0.217 e. The van der Waals surface area contributed by atoms with Crippen molar-refractivity contribution in [2.24, 2.45) is 0 Å². The molecular weight excluding hydrogens is 210 g/mol. The Morgan fingerprint density at radius 2 is 1.18 bits per heavy atom. The molecule has 17 heavy (non-hydrogen) atoms. The van der Waals surface area contributed by atoms with E-state index in [0.29, 0.717) is 0 Å². The zero-order valence-corrected chi connectivity index (χ0v) is 11.7. The Morgan fingerprint density at radius 3 is 1.53 bits per heavy atom. The van der Waals surface area contributed by atoms with Crippen LogP contribution < -0.4 is 5.32 Å². The van der Waals surface area contributed by atoms with Crippen LogP contribution in [0.1, 0.15) is 84.5 Å². The first-order chi connectivity index (χ1) is 8.12. The SMILES string of the molecule is CC(=O)NC1(C)CCCCCCCCCCC1. The van der Waals surface area contributed by atoms with Gasteiger partial charge in [-0.3, -0.25) is 4.79 Å². The van der Waals surface area contributed by atoms with Crippen molar-refractivity contribution in [3.8, 4) is 0 Å². The highest BCUT2D eigenvalue weighted by Gasteiger charge is 2.23. The second-order valence-corrected chi connectivity index (χ2v) is 5.92. The lowest BCUT2D eigenvalue weighted by Gasteiger charge is -2.31. The van der Waals surface area contributed by atoms with Crippen LogP contribution in [0.15, 0.2) is 0 Å². The second kappa shape index (κ2) is 7.73. The average Bonchev–Trinajstić information content (AvgIpc) is 2.22. The van der Waals surface area contributed by atoms with E-state index in [1.54, 1.807) is 6.92 Å². The molecule has 0 aromatic heterocycles. The van der Waals surface area contributed by atoms with Crippen LogP contribution in [0, 0.1) is 0 Å². The fourth-order valence-corrected chi connectivity index (χ4v) is 2.94. The van der Waals surface area contributed by atoms with Gasteiger partial charge in [0.25, 0.3) is 0 Å². The molecule has 2 nitrogen and oxygen atoms in total. The van der Waals surface area contributed by atoms with Crippen molar-refractivity contribution >= 4 is 5.91 Å². The second-order valence-electron chi connectivity index (χ2n) is 5.92. The van der Waals surface area contributed by atoms with Crippen LogP contribution in [0.4, 0.5) is 0 Å². The number of carbonyl (C=O) groups is 1. The largest absolute Gasteiger partial charge is 0.351 e. The molecule has 0 bridgehead atoms. The minimum atomic E-state index is 0.0467. The molecule has 0 saturated heterocycles. The van der Waals surface area contributed by atoms with E-state index in [4.69, 9.17) is 0 Å². The monoisotopic (exact) mass is 239 g/mol. The van der Waals surface area contributed by atoms with Crippen LogP contribution in [0.5, 0.6) is 0 Å². The quantitative estimate of drug-likeness (QED) is 0.730. The third-order valence-electron chi connectivity index (χ3n) is 3.93. The summed E-state index contributed by atoms with van der Waals surface area (Å²) in [4.78, 5) is 11.3. The van der Waals surface area contributed by atoms with Gasteiger partial charge in [-0.25, -0.2) is 0 Å². The van der Waals surface area contributed by atoms with E-state index in [2.05, 4.69) is 12.2 Å². The minimum Gasteiger partial charge on any atom is -0.351 e. The van der Waals surface area contributed by atoms with Gasteiger partial charge in [-0.1, -0.05) is 57.8 Å². The maximum absolute atomic E-state index is 11.3. The van der Waals surface area contributed by atoms with Gasteiger partial charge in [-0.05, 0) is 19.8 Å². The molecule has 1 aliphatic carbocycles. The molecule has 0 aliphatic heterocycles. The third-order valence-corrected chi connectivity index (χ3v) is 3.93. The minimum absolute atomic E-state index is 0.0467. The molecule has 1 N–H and O–H groups in total. The number of hydrogen-bond donors (Lipinski definition) is 1. The zero-order chi connectivity index (χ0) is 12.6. The van der Waals surface area contributed by atoms with E-state index >= 15 is 0 Å². The Hall–Kier alpha value is -0.530. The topological polar surface area (TPSA) is 29.1 Å². The molecule has 0 unspecified atom stereocenters. The molecule has 1 amide bonds. The summed E-state index contributed by atoms with van der Waals surface area (Å²) in [5, 5.41) is 3.17. The van der Waals surface area contributed by atoms with E-state index < -0.39 is 0 Å². The standard InChI is InChI=1S/C15H29NO/c1-14(17)16-15(2)12-10-8-6-4-3-5-7-9-11-13-15/h3-13H2,1-2H3,(H,16,17). The van der Waals surface area contributed by atoms with E-state index in [9.17, 15) is 4.79 Å². The fraction of sp³-hybridized carbons (Fsp3) is 0.933. The summed E-state index contributed by atoms with van der Waals surface area (Å²) in [6, 6.07) is 0. The molecule has 0 aromatic carbocycles. The molecule has 0 spiro atoms. The van der Waals surface area contributed by atoms with Crippen molar-refractivity contribution < 1.29 is 4.79 Å². The van der Waals surface area contributed by atoms with E-state index in [0.717, 1.165) is 12.8 Å². The Labute approximate surface area is 107 Å². The summed E-state index contributed by atoms with van der Waals surface area (Å²) in [5.41, 5.74) is 0.0467. The number of rotatable bonds is 1. The molecule has 1 fully saturated rings. The summed E-state index contributed by atoms with van der Waals surface area (Å²) in [5.74, 6) is 0.125. The van der Waals surface area contributed by atoms with Crippen molar-refractivity contribution in [3.63, 3.8) is 0 Å². The van der Waals surface area contributed by atoms with Crippen LogP contribution in [-0.2, 0) is 4.79 Å². The predicted molar refractivity (Wildman–Crippen MR) is 73.0 cm³/mol. The van der Waals surface area contributed by atoms with Gasteiger partial charge in [0.2, 0.25) is 5.91 Å². The fourth-order valence-electron chi connectivity index (χ4n) is 2.94. The lowest BCUT2D eigenvalue weighted by Crippen LogP contribution is -2.45.